The normalized spacial score (nSPS) is 11.1. The summed E-state index contributed by atoms with van der Waals surface area (Å²) in [5.74, 6) is 0. The van der Waals surface area contributed by atoms with Gasteiger partial charge in [0.05, 0.1) is 0 Å². The lowest BCUT2D eigenvalue weighted by molar-refractivity contribution is 0.187. The first kappa shape index (κ1) is 12.9. The predicted molar refractivity (Wildman–Crippen MR) is 57.2 cm³/mol. The van der Waals surface area contributed by atoms with E-state index in [0.717, 1.165) is 26.2 Å². The van der Waals surface area contributed by atoms with E-state index in [-0.39, 0.29) is 0 Å². The van der Waals surface area contributed by atoms with Crippen molar-refractivity contribution in [1.29, 1.82) is 0 Å². The number of likely N-dealkylation sites (N-methyl/N-ethyl adjacent to an activating group) is 2. The highest BCUT2D eigenvalue weighted by Crippen LogP contribution is 1.92. The molecule has 0 amide bonds. The number of rotatable bonds is 9. The predicted octanol–water partition coefficient (Wildman–Crippen LogP) is 0.954. The molecule has 0 saturated carbocycles. The summed E-state index contributed by atoms with van der Waals surface area (Å²) in [6.07, 6.45) is 2.40. The zero-order chi connectivity index (χ0) is 9.94. The van der Waals surface area contributed by atoms with Crippen LogP contribution in [0.25, 0.3) is 0 Å². The highest BCUT2D eigenvalue weighted by molar-refractivity contribution is 4.54. The van der Waals surface area contributed by atoms with Gasteiger partial charge in [0.15, 0.2) is 0 Å². The molecule has 0 aromatic carbocycles. The van der Waals surface area contributed by atoms with Gasteiger partial charge in [-0.1, -0.05) is 6.92 Å². The number of hydrogen-bond acceptors (Lipinski definition) is 3. The maximum absolute atomic E-state index is 4.99. The van der Waals surface area contributed by atoms with Crippen LogP contribution in [0.3, 0.4) is 0 Å². The summed E-state index contributed by atoms with van der Waals surface area (Å²) in [7, 11) is 3.93. The lowest BCUT2D eigenvalue weighted by atomic mass is 10.3. The van der Waals surface area contributed by atoms with Crippen LogP contribution in [0.1, 0.15) is 19.8 Å². The van der Waals surface area contributed by atoms with Gasteiger partial charge in [-0.05, 0) is 33.0 Å². The number of hydrogen-bond donors (Lipinski definition) is 1. The van der Waals surface area contributed by atoms with Crippen molar-refractivity contribution in [3.63, 3.8) is 0 Å². The quantitative estimate of drug-likeness (QED) is 0.545. The molecule has 3 nitrogen and oxygen atoms in total. The van der Waals surface area contributed by atoms with Gasteiger partial charge in [-0.15, -0.1) is 0 Å². The van der Waals surface area contributed by atoms with Crippen LogP contribution in [0.5, 0.6) is 0 Å². The monoisotopic (exact) mass is 188 g/mol. The highest BCUT2D eigenvalue weighted by atomic mass is 16.5. The standard InChI is InChI=1S/C10H24N2O/c1-4-11-7-9-12(2)8-5-6-10-13-3/h11H,4-10H2,1-3H3. The molecule has 0 fully saturated rings. The minimum Gasteiger partial charge on any atom is -0.385 e. The van der Waals surface area contributed by atoms with Gasteiger partial charge in [-0.3, -0.25) is 0 Å². The molecule has 80 valence electrons. The summed E-state index contributed by atoms with van der Waals surface area (Å²) in [4.78, 5) is 2.36. The molecule has 0 aliphatic carbocycles. The number of nitrogens with one attached hydrogen (secondary N) is 1. The van der Waals surface area contributed by atoms with E-state index in [4.69, 9.17) is 4.74 Å². The first-order valence-corrected chi connectivity index (χ1v) is 5.19. The fraction of sp³-hybridized carbons (Fsp3) is 1.00. The minimum atomic E-state index is 0.890. The Balaban J connectivity index is 3.05. The molecule has 3 heteroatoms. The van der Waals surface area contributed by atoms with Gasteiger partial charge in [0.1, 0.15) is 0 Å². The summed E-state index contributed by atoms with van der Waals surface area (Å²) >= 11 is 0. The van der Waals surface area contributed by atoms with Gasteiger partial charge >= 0.3 is 0 Å². The second kappa shape index (κ2) is 9.96. The fourth-order valence-corrected chi connectivity index (χ4v) is 1.19. The topological polar surface area (TPSA) is 24.5 Å². The van der Waals surface area contributed by atoms with Crippen molar-refractivity contribution in [2.75, 3.05) is 46.9 Å². The molecule has 0 spiro atoms. The van der Waals surface area contributed by atoms with E-state index in [0.29, 0.717) is 0 Å². The van der Waals surface area contributed by atoms with Gasteiger partial charge in [0.2, 0.25) is 0 Å². The molecular weight excluding hydrogens is 164 g/mol. The minimum absolute atomic E-state index is 0.890. The highest BCUT2D eigenvalue weighted by Gasteiger charge is 1.96. The summed E-state index contributed by atoms with van der Waals surface area (Å²) in [6, 6.07) is 0. The lowest BCUT2D eigenvalue weighted by Gasteiger charge is -2.16. The van der Waals surface area contributed by atoms with E-state index < -0.39 is 0 Å². The SMILES string of the molecule is CCNCCN(C)CCCCOC. The van der Waals surface area contributed by atoms with Crippen LogP contribution in [0.2, 0.25) is 0 Å². The van der Waals surface area contributed by atoms with Crippen molar-refractivity contribution < 1.29 is 4.74 Å². The molecule has 13 heavy (non-hydrogen) atoms. The van der Waals surface area contributed by atoms with Crippen molar-refractivity contribution in [3.8, 4) is 0 Å². The Bertz CT molecular complexity index is 98.9. The largest absolute Gasteiger partial charge is 0.385 e. The van der Waals surface area contributed by atoms with Crippen molar-refractivity contribution in [2.24, 2.45) is 0 Å². The van der Waals surface area contributed by atoms with E-state index >= 15 is 0 Å². The van der Waals surface area contributed by atoms with Gasteiger partial charge in [0.25, 0.3) is 0 Å². The van der Waals surface area contributed by atoms with Gasteiger partial charge in [-0.2, -0.15) is 0 Å². The molecule has 0 radical (unpaired) electrons. The van der Waals surface area contributed by atoms with Crippen LogP contribution >= 0.6 is 0 Å². The number of unbranched alkanes of at least 4 members (excludes halogenated alkanes) is 1. The zero-order valence-electron chi connectivity index (χ0n) is 9.31. The van der Waals surface area contributed by atoms with Gasteiger partial charge in [0, 0.05) is 26.8 Å². The van der Waals surface area contributed by atoms with Crippen LogP contribution in [0.15, 0.2) is 0 Å². The van der Waals surface area contributed by atoms with Crippen molar-refractivity contribution in [2.45, 2.75) is 19.8 Å². The Hall–Kier alpha value is -0.120. The Labute approximate surface area is 82.4 Å². The van der Waals surface area contributed by atoms with Crippen LogP contribution in [0.4, 0.5) is 0 Å². The Morgan fingerprint density at radius 3 is 2.62 bits per heavy atom. The smallest absolute Gasteiger partial charge is 0.0462 e. The molecule has 0 aliphatic rings. The lowest BCUT2D eigenvalue weighted by Crippen LogP contribution is -2.29. The van der Waals surface area contributed by atoms with Crippen LogP contribution in [-0.4, -0.2) is 51.8 Å². The van der Waals surface area contributed by atoms with E-state index in [9.17, 15) is 0 Å². The molecule has 0 aromatic heterocycles. The molecule has 0 unspecified atom stereocenters. The second-order valence-corrected chi connectivity index (χ2v) is 3.36. The van der Waals surface area contributed by atoms with Crippen molar-refractivity contribution in [1.82, 2.24) is 10.2 Å². The van der Waals surface area contributed by atoms with Crippen LogP contribution < -0.4 is 5.32 Å². The van der Waals surface area contributed by atoms with E-state index in [1.165, 1.54) is 19.4 Å². The molecule has 0 bridgehead atoms. The number of nitrogens with zero attached hydrogens (tertiary/aromatic N) is 1. The Kier molecular flexibility index (Phi) is 9.87. The molecule has 1 N–H and O–H groups in total. The van der Waals surface area contributed by atoms with E-state index in [1.54, 1.807) is 7.11 Å². The Morgan fingerprint density at radius 1 is 1.23 bits per heavy atom. The number of ether oxygens (including phenoxy) is 1. The number of methoxy groups -OCH3 is 1. The molecule has 0 atom stereocenters. The van der Waals surface area contributed by atoms with Crippen LogP contribution in [0, 0.1) is 0 Å². The van der Waals surface area contributed by atoms with Gasteiger partial charge in [-0.25, -0.2) is 0 Å². The summed E-state index contributed by atoms with van der Waals surface area (Å²) in [5.41, 5.74) is 0. The molecular formula is C10H24N2O. The molecule has 0 rings (SSSR count). The molecule has 0 heterocycles. The van der Waals surface area contributed by atoms with Crippen molar-refractivity contribution >= 4 is 0 Å². The first-order valence-electron chi connectivity index (χ1n) is 5.19. The van der Waals surface area contributed by atoms with Crippen LogP contribution in [-0.2, 0) is 4.74 Å². The molecule has 0 aromatic rings. The summed E-state index contributed by atoms with van der Waals surface area (Å²) in [6.45, 7) is 7.50. The molecule has 0 saturated heterocycles. The van der Waals surface area contributed by atoms with E-state index in [2.05, 4.69) is 24.2 Å². The maximum atomic E-state index is 4.99. The maximum Gasteiger partial charge on any atom is 0.0462 e. The fourth-order valence-electron chi connectivity index (χ4n) is 1.19. The second-order valence-electron chi connectivity index (χ2n) is 3.36. The first-order chi connectivity index (χ1) is 6.31. The van der Waals surface area contributed by atoms with E-state index in [1.807, 2.05) is 0 Å². The average Bonchev–Trinajstić information content (AvgIpc) is 2.13. The average molecular weight is 188 g/mol. The summed E-state index contributed by atoms with van der Waals surface area (Å²) in [5, 5.41) is 3.31. The van der Waals surface area contributed by atoms with Crippen molar-refractivity contribution in [3.05, 3.63) is 0 Å². The molecule has 0 aliphatic heterocycles. The third kappa shape index (κ3) is 9.80. The Morgan fingerprint density at radius 2 is 2.00 bits per heavy atom. The summed E-state index contributed by atoms with van der Waals surface area (Å²) < 4.78 is 4.99. The third-order valence-electron chi connectivity index (χ3n) is 2.06. The zero-order valence-corrected chi connectivity index (χ0v) is 9.31. The van der Waals surface area contributed by atoms with Gasteiger partial charge < -0.3 is 15.0 Å². The third-order valence-corrected chi connectivity index (χ3v) is 2.06.